The van der Waals surface area contributed by atoms with Gasteiger partial charge in [-0.1, -0.05) is 5.57 Å². The van der Waals surface area contributed by atoms with Crippen molar-refractivity contribution in [1.82, 2.24) is 10.2 Å². The molecule has 1 saturated heterocycles. The summed E-state index contributed by atoms with van der Waals surface area (Å²) in [7, 11) is 0. The number of hydrogen-bond acceptors (Lipinski definition) is 3. The van der Waals surface area contributed by atoms with Gasteiger partial charge in [-0.2, -0.15) is 0 Å². The highest BCUT2D eigenvalue weighted by atomic mass is 35.5. The first-order chi connectivity index (χ1) is 8.16. The van der Waals surface area contributed by atoms with Crippen molar-refractivity contribution in [2.45, 2.75) is 26.3 Å². The molecule has 0 amide bonds. The van der Waals surface area contributed by atoms with Crippen molar-refractivity contribution in [3.8, 4) is 0 Å². The van der Waals surface area contributed by atoms with E-state index >= 15 is 0 Å². The Morgan fingerprint density at radius 2 is 2.00 bits per heavy atom. The first kappa shape index (κ1) is 18.5. The third-order valence-electron chi connectivity index (χ3n) is 3.22. The Morgan fingerprint density at radius 3 is 2.47 bits per heavy atom. The Labute approximate surface area is 128 Å². The van der Waals surface area contributed by atoms with Crippen molar-refractivity contribution in [1.29, 1.82) is 0 Å². The van der Waals surface area contributed by atoms with Gasteiger partial charge in [-0.15, -0.1) is 31.4 Å². The van der Waals surface area contributed by atoms with E-state index in [1.54, 1.807) is 0 Å². The zero-order valence-corrected chi connectivity index (χ0v) is 13.3. The number of furan rings is 1. The Kier molecular flexibility index (Phi) is 8.42. The fraction of sp³-hybridized carbons (Fsp3) is 0.571. The number of halogens is 2. The molecule has 0 unspecified atom stereocenters. The second kappa shape index (κ2) is 8.64. The normalized spacial score (nSPS) is 17.2. The lowest BCUT2D eigenvalue weighted by atomic mass is 10.0. The van der Waals surface area contributed by atoms with Crippen LogP contribution in [0.25, 0.3) is 0 Å². The predicted molar refractivity (Wildman–Crippen MR) is 84.6 cm³/mol. The molecular weight excluding hydrogens is 283 g/mol. The molecule has 0 saturated carbocycles. The summed E-state index contributed by atoms with van der Waals surface area (Å²) >= 11 is 0. The van der Waals surface area contributed by atoms with Gasteiger partial charge in [0.25, 0.3) is 0 Å². The lowest BCUT2D eigenvalue weighted by Crippen LogP contribution is -2.45. The summed E-state index contributed by atoms with van der Waals surface area (Å²) in [5.74, 6) is 2.06. The molecule has 1 N–H and O–H groups in total. The van der Waals surface area contributed by atoms with Crippen molar-refractivity contribution in [3.05, 3.63) is 35.8 Å². The Hall–Kier alpha value is -0.480. The molecule has 0 radical (unpaired) electrons. The first-order valence-corrected chi connectivity index (χ1v) is 6.32. The van der Waals surface area contributed by atoms with Crippen molar-refractivity contribution >= 4 is 24.8 Å². The molecular formula is C14H24Cl2N2O. The van der Waals surface area contributed by atoms with E-state index in [4.69, 9.17) is 4.42 Å². The Balaban J connectivity index is 0.00000162. The van der Waals surface area contributed by atoms with E-state index in [0.717, 1.165) is 44.1 Å². The quantitative estimate of drug-likeness (QED) is 0.865. The molecule has 0 spiro atoms. The summed E-state index contributed by atoms with van der Waals surface area (Å²) in [5, 5.41) is 3.38. The van der Waals surface area contributed by atoms with Crippen LogP contribution in [0, 0.1) is 6.92 Å². The fourth-order valence-electron chi connectivity index (χ4n) is 2.37. The molecule has 1 aromatic rings. The molecule has 2 heterocycles. The van der Waals surface area contributed by atoms with E-state index in [0.29, 0.717) is 6.04 Å². The second-order valence-corrected chi connectivity index (χ2v) is 4.91. The fourth-order valence-corrected chi connectivity index (χ4v) is 2.37. The van der Waals surface area contributed by atoms with E-state index < -0.39 is 0 Å². The van der Waals surface area contributed by atoms with Gasteiger partial charge in [0.05, 0.1) is 6.04 Å². The van der Waals surface area contributed by atoms with E-state index in [1.165, 1.54) is 5.57 Å². The van der Waals surface area contributed by atoms with Gasteiger partial charge in [0, 0.05) is 26.2 Å². The van der Waals surface area contributed by atoms with E-state index in [9.17, 15) is 0 Å². The monoisotopic (exact) mass is 306 g/mol. The molecule has 19 heavy (non-hydrogen) atoms. The molecule has 110 valence electrons. The molecule has 5 heteroatoms. The first-order valence-electron chi connectivity index (χ1n) is 6.32. The molecule has 1 atom stereocenters. The molecule has 1 aliphatic rings. The van der Waals surface area contributed by atoms with Crippen LogP contribution in [0.2, 0.25) is 0 Å². The lowest BCUT2D eigenvalue weighted by molar-refractivity contribution is 0.152. The van der Waals surface area contributed by atoms with Crippen molar-refractivity contribution in [2.75, 3.05) is 26.2 Å². The highest BCUT2D eigenvalue weighted by Gasteiger charge is 2.24. The van der Waals surface area contributed by atoms with Gasteiger partial charge in [0.1, 0.15) is 11.5 Å². The van der Waals surface area contributed by atoms with Crippen LogP contribution in [-0.4, -0.2) is 31.1 Å². The summed E-state index contributed by atoms with van der Waals surface area (Å²) in [6.45, 7) is 12.4. The van der Waals surface area contributed by atoms with E-state index in [2.05, 4.69) is 29.8 Å². The maximum Gasteiger partial charge on any atom is 0.121 e. The van der Waals surface area contributed by atoms with Crippen LogP contribution in [0.4, 0.5) is 0 Å². The number of aryl methyl sites for hydroxylation is 1. The zero-order chi connectivity index (χ0) is 12.3. The summed E-state index contributed by atoms with van der Waals surface area (Å²) < 4.78 is 5.80. The van der Waals surface area contributed by atoms with Crippen LogP contribution in [0.5, 0.6) is 0 Å². The smallest absolute Gasteiger partial charge is 0.121 e. The van der Waals surface area contributed by atoms with E-state index in [-0.39, 0.29) is 24.8 Å². The van der Waals surface area contributed by atoms with Crippen LogP contribution in [0.1, 0.15) is 30.9 Å². The van der Waals surface area contributed by atoms with Gasteiger partial charge < -0.3 is 9.73 Å². The molecule has 3 nitrogen and oxygen atoms in total. The SMILES string of the molecule is C=C(C)C[C@H](c1ccc(C)o1)N1CCNCC1.Cl.Cl. The lowest BCUT2D eigenvalue weighted by Gasteiger charge is -2.34. The number of nitrogens with zero attached hydrogens (tertiary/aromatic N) is 1. The van der Waals surface area contributed by atoms with E-state index in [1.807, 2.05) is 13.0 Å². The van der Waals surface area contributed by atoms with Crippen molar-refractivity contribution in [2.24, 2.45) is 0 Å². The Morgan fingerprint density at radius 1 is 1.37 bits per heavy atom. The van der Waals surface area contributed by atoms with Gasteiger partial charge >= 0.3 is 0 Å². The topological polar surface area (TPSA) is 28.4 Å². The average molecular weight is 307 g/mol. The third kappa shape index (κ3) is 5.19. The van der Waals surface area contributed by atoms with Crippen LogP contribution in [0.15, 0.2) is 28.7 Å². The zero-order valence-electron chi connectivity index (χ0n) is 11.6. The van der Waals surface area contributed by atoms with Crippen LogP contribution in [0.3, 0.4) is 0 Å². The number of piperazine rings is 1. The minimum atomic E-state index is 0. The van der Waals surface area contributed by atoms with Crippen LogP contribution in [-0.2, 0) is 0 Å². The standard InChI is InChI=1S/C14H22N2O.2ClH/c1-11(2)10-13(14-5-4-12(3)17-14)16-8-6-15-7-9-16;;/h4-5,13,15H,1,6-10H2,2-3H3;2*1H/t13-;;/m1../s1. The molecule has 1 fully saturated rings. The molecule has 0 bridgehead atoms. The van der Waals surface area contributed by atoms with Gasteiger partial charge in [-0.3, -0.25) is 4.90 Å². The summed E-state index contributed by atoms with van der Waals surface area (Å²) in [6.07, 6.45) is 0.979. The Bertz CT molecular complexity index is 387. The molecule has 1 aliphatic heterocycles. The van der Waals surface area contributed by atoms with Crippen molar-refractivity contribution < 1.29 is 4.42 Å². The largest absolute Gasteiger partial charge is 0.465 e. The highest BCUT2D eigenvalue weighted by Crippen LogP contribution is 2.28. The predicted octanol–water partition coefficient (Wildman–Crippen LogP) is 3.34. The maximum atomic E-state index is 5.80. The molecule has 0 aliphatic carbocycles. The van der Waals surface area contributed by atoms with Gasteiger partial charge in [0.15, 0.2) is 0 Å². The minimum absolute atomic E-state index is 0. The third-order valence-corrected chi connectivity index (χ3v) is 3.22. The van der Waals surface area contributed by atoms with Crippen molar-refractivity contribution in [3.63, 3.8) is 0 Å². The number of rotatable bonds is 4. The van der Waals surface area contributed by atoms with Crippen LogP contribution >= 0.6 is 24.8 Å². The summed E-state index contributed by atoms with van der Waals surface area (Å²) in [5.41, 5.74) is 1.21. The van der Waals surface area contributed by atoms with Gasteiger partial charge in [-0.25, -0.2) is 0 Å². The van der Waals surface area contributed by atoms with Gasteiger partial charge in [0.2, 0.25) is 0 Å². The molecule has 1 aromatic heterocycles. The van der Waals surface area contributed by atoms with Crippen LogP contribution < -0.4 is 5.32 Å². The summed E-state index contributed by atoms with van der Waals surface area (Å²) in [4.78, 5) is 2.49. The second-order valence-electron chi connectivity index (χ2n) is 4.91. The van der Waals surface area contributed by atoms with Gasteiger partial charge in [-0.05, 0) is 32.4 Å². The number of hydrogen-bond donors (Lipinski definition) is 1. The molecule has 0 aromatic carbocycles. The average Bonchev–Trinajstić information content (AvgIpc) is 2.73. The summed E-state index contributed by atoms with van der Waals surface area (Å²) in [6, 6.07) is 4.50. The maximum absolute atomic E-state index is 5.80. The highest BCUT2D eigenvalue weighted by molar-refractivity contribution is 5.85. The molecule has 2 rings (SSSR count). The number of nitrogens with one attached hydrogen (secondary N) is 1. The minimum Gasteiger partial charge on any atom is -0.465 e.